The molecule has 28 heavy (non-hydrogen) atoms. The van der Waals surface area contributed by atoms with Crippen molar-refractivity contribution in [1.82, 2.24) is 4.90 Å². The molecule has 0 unspecified atom stereocenters. The highest BCUT2D eigenvalue weighted by Crippen LogP contribution is 2.35. The number of carboxylic acids is 1. The molecule has 0 radical (unpaired) electrons. The molecule has 9 heteroatoms. The van der Waals surface area contributed by atoms with Crippen LogP contribution < -0.4 is 0 Å². The average molecular weight is 438 g/mol. The molecule has 1 aliphatic heterocycles. The Balaban J connectivity index is 1.82. The van der Waals surface area contributed by atoms with Crippen LogP contribution in [0.4, 0.5) is 4.39 Å². The first-order chi connectivity index (χ1) is 13.4. The number of hydrogen-bond donors (Lipinski definition) is 1. The summed E-state index contributed by atoms with van der Waals surface area (Å²) in [7, 11) is 0. The second kappa shape index (κ2) is 8.93. The largest absolute Gasteiger partial charge is 0.480 e. The van der Waals surface area contributed by atoms with Crippen LogP contribution in [0, 0.1) is 5.82 Å². The molecule has 1 amide bonds. The van der Waals surface area contributed by atoms with Gasteiger partial charge < -0.3 is 9.52 Å². The number of rotatable bonds is 7. The molecular weight excluding hydrogens is 421 g/mol. The summed E-state index contributed by atoms with van der Waals surface area (Å²) in [6, 6.07) is 8.29. The summed E-state index contributed by atoms with van der Waals surface area (Å²) in [4.78, 5) is 25.8. The van der Waals surface area contributed by atoms with Crippen molar-refractivity contribution >= 4 is 58.0 Å². The smallest absolute Gasteiger partial charge is 0.326 e. The first-order valence-corrected chi connectivity index (χ1v) is 10.9. The van der Waals surface area contributed by atoms with E-state index < -0.39 is 17.9 Å². The van der Waals surface area contributed by atoms with Crippen LogP contribution in [0.2, 0.25) is 0 Å². The number of amides is 1. The molecule has 0 spiro atoms. The van der Waals surface area contributed by atoms with E-state index in [0.29, 0.717) is 34.2 Å². The second-order valence-corrected chi connectivity index (χ2v) is 8.56. The molecule has 146 valence electrons. The van der Waals surface area contributed by atoms with E-state index in [1.807, 2.05) is 6.26 Å². The van der Waals surface area contributed by atoms with Crippen molar-refractivity contribution in [1.29, 1.82) is 0 Å². The minimum atomic E-state index is -1.08. The van der Waals surface area contributed by atoms with Gasteiger partial charge in [0.2, 0.25) is 0 Å². The summed E-state index contributed by atoms with van der Waals surface area (Å²) < 4.78 is 19.0. The van der Waals surface area contributed by atoms with Crippen LogP contribution in [0.1, 0.15) is 12.2 Å². The summed E-state index contributed by atoms with van der Waals surface area (Å²) in [5.41, 5.74) is 0.705. The Morgan fingerprint density at radius 3 is 2.71 bits per heavy atom. The summed E-state index contributed by atoms with van der Waals surface area (Å²) >= 11 is 7.80. The molecule has 2 aromatic rings. The van der Waals surface area contributed by atoms with Crippen LogP contribution in [0.25, 0.3) is 17.4 Å². The van der Waals surface area contributed by atoms with Gasteiger partial charge in [-0.3, -0.25) is 9.69 Å². The molecule has 1 fully saturated rings. The van der Waals surface area contributed by atoms with E-state index in [4.69, 9.17) is 16.6 Å². The minimum Gasteiger partial charge on any atom is -0.480 e. The summed E-state index contributed by atoms with van der Waals surface area (Å²) in [6.07, 6.45) is 3.73. The zero-order valence-electron chi connectivity index (χ0n) is 14.8. The number of furan rings is 1. The molecule has 1 aromatic carbocycles. The fourth-order valence-electron chi connectivity index (χ4n) is 2.67. The Kier molecular flexibility index (Phi) is 6.58. The van der Waals surface area contributed by atoms with Gasteiger partial charge >= 0.3 is 5.97 Å². The number of carbonyl (C=O) groups is 2. The van der Waals surface area contributed by atoms with Crippen molar-refractivity contribution < 1.29 is 23.5 Å². The van der Waals surface area contributed by atoms with Crippen molar-refractivity contribution in [2.75, 3.05) is 12.0 Å². The molecule has 1 aromatic heterocycles. The summed E-state index contributed by atoms with van der Waals surface area (Å²) in [6.45, 7) is 0. The van der Waals surface area contributed by atoms with Gasteiger partial charge in [0.1, 0.15) is 27.7 Å². The third-order valence-corrected chi connectivity index (χ3v) is 6.02. The van der Waals surface area contributed by atoms with Crippen molar-refractivity contribution in [3.63, 3.8) is 0 Å². The number of carbonyl (C=O) groups excluding carboxylic acids is 1. The van der Waals surface area contributed by atoms with Gasteiger partial charge in [0, 0.05) is 11.6 Å². The van der Waals surface area contributed by atoms with Crippen LogP contribution in [-0.4, -0.2) is 44.3 Å². The molecule has 0 aliphatic carbocycles. The number of hydrogen-bond acceptors (Lipinski definition) is 6. The van der Waals surface area contributed by atoms with Crippen molar-refractivity contribution in [2.45, 2.75) is 12.5 Å². The molecule has 0 saturated carbocycles. The van der Waals surface area contributed by atoms with E-state index in [1.54, 1.807) is 30.3 Å². The lowest BCUT2D eigenvalue weighted by atomic mass is 10.2. The standard InChI is InChI=1S/C19H16FNO4S3/c1-27-9-8-14(18(23)24)21-17(22)16(28-19(21)26)10-13-6-7-15(25-13)11-2-4-12(20)5-3-11/h2-7,10,14H,8-9H2,1H3,(H,23,24)/b16-10-/t14-/m0/s1. The average Bonchev–Trinajstić information content (AvgIpc) is 3.22. The van der Waals surface area contributed by atoms with E-state index >= 15 is 0 Å². The van der Waals surface area contributed by atoms with E-state index in [9.17, 15) is 19.1 Å². The highest BCUT2D eigenvalue weighted by molar-refractivity contribution is 8.26. The van der Waals surface area contributed by atoms with E-state index in [0.717, 1.165) is 16.7 Å². The van der Waals surface area contributed by atoms with Gasteiger partial charge in [-0.25, -0.2) is 9.18 Å². The van der Waals surface area contributed by atoms with E-state index in [-0.39, 0.29) is 10.1 Å². The first-order valence-electron chi connectivity index (χ1n) is 8.25. The number of nitrogens with zero attached hydrogens (tertiary/aromatic N) is 1. The van der Waals surface area contributed by atoms with Crippen LogP contribution in [0.5, 0.6) is 0 Å². The van der Waals surface area contributed by atoms with Crippen LogP contribution in [-0.2, 0) is 9.59 Å². The maximum absolute atomic E-state index is 13.1. The number of halogens is 1. The number of aliphatic carboxylic acids is 1. The lowest BCUT2D eigenvalue weighted by molar-refractivity contribution is -0.145. The maximum Gasteiger partial charge on any atom is 0.326 e. The zero-order valence-corrected chi connectivity index (χ0v) is 17.2. The topological polar surface area (TPSA) is 70.8 Å². The third kappa shape index (κ3) is 4.48. The van der Waals surface area contributed by atoms with Gasteiger partial charge in [-0.2, -0.15) is 11.8 Å². The van der Waals surface area contributed by atoms with Crippen LogP contribution in [0.3, 0.4) is 0 Å². The Morgan fingerprint density at radius 1 is 1.36 bits per heavy atom. The second-order valence-electron chi connectivity index (χ2n) is 5.90. The van der Waals surface area contributed by atoms with E-state index in [2.05, 4.69) is 0 Å². The Labute approximate surface area is 175 Å². The fraction of sp³-hybridized carbons (Fsp3) is 0.211. The molecule has 5 nitrogen and oxygen atoms in total. The quantitative estimate of drug-likeness (QED) is 0.505. The molecule has 1 atom stereocenters. The van der Waals surface area contributed by atoms with Crippen molar-refractivity contribution in [3.8, 4) is 11.3 Å². The van der Waals surface area contributed by atoms with Crippen LogP contribution >= 0.6 is 35.7 Å². The molecular formula is C19H16FNO4S3. The molecule has 1 saturated heterocycles. The number of thiocarbonyl (C=S) groups is 1. The molecule has 1 aliphatic rings. The minimum absolute atomic E-state index is 0.218. The van der Waals surface area contributed by atoms with Gasteiger partial charge in [-0.05, 0) is 54.8 Å². The lowest BCUT2D eigenvalue weighted by Crippen LogP contribution is -2.44. The SMILES string of the molecule is CSCC[C@@H](C(=O)O)N1C(=O)/C(=C/c2ccc(-c3ccc(F)cc3)o2)SC1=S. The van der Waals surface area contributed by atoms with Crippen molar-refractivity contribution in [3.05, 3.63) is 52.9 Å². The Bertz CT molecular complexity index is 939. The number of benzene rings is 1. The molecule has 0 bridgehead atoms. The Hall–Kier alpha value is -2.10. The summed E-state index contributed by atoms with van der Waals surface area (Å²) in [5.74, 6) is -0.298. The van der Waals surface area contributed by atoms with Gasteiger partial charge in [-0.15, -0.1) is 0 Å². The lowest BCUT2D eigenvalue weighted by Gasteiger charge is -2.22. The Morgan fingerprint density at radius 2 is 2.07 bits per heavy atom. The zero-order chi connectivity index (χ0) is 20.3. The van der Waals surface area contributed by atoms with Gasteiger partial charge in [0.05, 0.1) is 4.91 Å². The first kappa shape index (κ1) is 20.6. The van der Waals surface area contributed by atoms with E-state index in [1.165, 1.54) is 23.9 Å². The maximum atomic E-state index is 13.1. The van der Waals surface area contributed by atoms with Crippen molar-refractivity contribution in [2.24, 2.45) is 0 Å². The predicted octanol–water partition coefficient (Wildman–Crippen LogP) is 4.49. The normalized spacial score (nSPS) is 16.8. The molecule has 2 heterocycles. The monoisotopic (exact) mass is 437 g/mol. The third-order valence-electron chi connectivity index (χ3n) is 4.04. The predicted molar refractivity (Wildman–Crippen MR) is 114 cm³/mol. The highest BCUT2D eigenvalue weighted by Gasteiger charge is 2.40. The fourth-order valence-corrected chi connectivity index (χ4v) is 4.47. The number of thioether (sulfide) groups is 2. The van der Waals surface area contributed by atoms with Crippen LogP contribution in [0.15, 0.2) is 45.7 Å². The highest BCUT2D eigenvalue weighted by atomic mass is 32.2. The molecule has 1 N–H and O–H groups in total. The molecule has 3 rings (SSSR count). The van der Waals surface area contributed by atoms with Gasteiger partial charge in [0.15, 0.2) is 0 Å². The number of carboxylic acid groups (broad SMARTS) is 1. The summed E-state index contributed by atoms with van der Waals surface area (Å²) in [5, 5.41) is 9.48. The van der Waals surface area contributed by atoms with Gasteiger partial charge in [-0.1, -0.05) is 24.0 Å². The van der Waals surface area contributed by atoms with Gasteiger partial charge in [0.25, 0.3) is 5.91 Å².